The van der Waals surface area contributed by atoms with Gasteiger partial charge in [-0.1, -0.05) is 30.3 Å². The highest BCUT2D eigenvalue weighted by Crippen LogP contribution is 2.33. The van der Waals surface area contributed by atoms with E-state index in [1.54, 1.807) is 12.1 Å². The third-order valence-electron chi connectivity index (χ3n) is 3.38. The molecule has 0 aliphatic heterocycles. The van der Waals surface area contributed by atoms with Crippen LogP contribution in [0.3, 0.4) is 0 Å². The van der Waals surface area contributed by atoms with Gasteiger partial charge in [0.25, 0.3) is 0 Å². The molecule has 2 aromatic carbocycles. The lowest BCUT2D eigenvalue weighted by atomic mass is 9.83. The van der Waals surface area contributed by atoms with Gasteiger partial charge in [-0.2, -0.15) is 0 Å². The van der Waals surface area contributed by atoms with Crippen LogP contribution in [0.25, 0.3) is 0 Å². The van der Waals surface area contributed by atoms with Gasteiger partial charge in [-0.3, -0.25) is 4.79 Å². The largest absolute Gasteiger partial charge is 0.507 e. The van der Waals surface area contributed by atoms with Crippen molar-refractivity contribution in [3.05, 3.63) is 64.2 Å². The highest BCUT2D eigenvalue weighted by molar-refractivity contribution is 6.14. The summed E-state index contributed by atoms with van der Waals surface area (Å²) in [5.74, 6) is 0.0164. The van der Waals surface area contributed by atoms with Gasteiger partial charge in [0.05, 0.1) is 5.56 Å². The molecule has 0 saturated heterocycles. The molecular weight excluding hydrogens is 212 g/mol. The van der Waals surface area contributed by atoms with Crippen LogP contribution in [0.2, 0.25) is 0 Å². The molecule has 0 atom stereocenters. The van der Waals surface area contributed by atoms with E-state index in [0.29, 0.717) is 5.56 Å². The summed E-state index contributed by atoms with van der Waals surface area (Å²) in [6, 6.07) is 11.0. The van der Waals surface area contributed by atoms with Crippen LogP contribution in [0.1, 0.15) is 32.6 Å². The van der Waals surface area contributed by atoms with Crippen molar-refractivity contribution in [2.75, 3.05) is 0 Å². The molecule has 2 aromatic rings. The summed E-state index contributed by atoms with van der Waals surface area (Å²) in [6.45, 7) is 2.01. The maximum absolute atomic E-state index is 12.3. The predicted octanol–water partition coefficient (Wildman–Crippen LogP) is 2.84. The first-order valence-corrected chi connectivity index (χ1v) is 5.62. The molecule has 0 spiro atoms. The molecule has 1 aliphatic rings. The number of aryl methyl sites for hydroxylation is 1. The number of carbonyl (C=O) groups is 1. The number of benzene rings is 2. The van der Waals surface area contributed by atoms with E-state index in [-0.39, 0.29) is 11.5 Å². The molecule has 1 aliphatic carbocycles. The standard InChI is InChI=1S/C15H12O2/c1-9-4-2-6-11-12(9)8-10-5-3-7-13(16)14(10)15(11)17/h2-7,16H,8H2,1H3. The van der Waals surface area contributed by atoms with Gasteiger partial charge in [0.1, 0.15) is 5.75 Å². The molecule has 0 amide bonds. The third kappa shape index (κ3) is 1.37. The minimum Gasteiger partial charge on any atom is -0.507 e. The van der Waals surface area contributed by atoms with Crippen LogP contribution in [0.15, 0.2) is 36.4 Å². The molecule has 0 saturated carbocycles. The predicted molar refractivity (Wildman–Crippen MR) is 65.5 cm³/mol. The van der Waals surface area contributed by atoms with Crippen LogP contribution in [-0.2, 0) is 6.42 Å². The zero-order valence-corrected chi connectivity index (χ0v) is 9.53. The van der Waals surface area contributed by atoms with Crippen LogP contribution >= 0.6 is 0 Å². The molecule has 0 fully saturated rings. The van der Waals surface area contributed by atoms with E-state index in [2.05, 4.69) is 0 Å². The van der Waals surface area contributed by atoms with Crippen molar-refractivity contribution < 1.29 is 9.90 Å². The normalized spacial score (nSPS) is 13.1. The van der Waals surface area contributed by atoms with Gasteiger partial charge in [0, 0.05) is 5.56 Å². The number of carbonyl (C=O) groups excluding carboxylic acids is 1. The summed E-state index contributed by atoms with van der Waals surface area (Å²) in [6.07, 6.45) is 0.720. The molecule has 84 valence electrons. The number of rotatable bonds is 0. The Hall–Kier alpha value is -2.09. The average molecular weight is 224 g/mol. The molecule has 0 unspecified atom stereocenters. The van der Waals surface area contributed by atoms with Gasteiger partial charge in [0.15, 0.2) is 5.78 Å². The van der Waals surface area contributed by atoms with E-state index < -0.39 is 0 Å². The van der Waals surface area contributed by atoms with E-state index >= 15 is 0 Å². The van der Waals surface area contributed by atoms with Gasteiger partial charge < -0.3 is 5.11 Å². The molecule has 1 N–H and O–H groups in total. The number of hydrogen-bond donors (Lipinski definition) is 1. The molecule has 0 aromatic heterocycles. The SMILES string of the molecule is Cc1cccc2c1Cc1cccc(O)c1C2=O. The molecular formula is C15H12O2. The Bertz CT molecular complexity index is 627. The van der Waals surface area contributed by atoms with Gasteiger partial charge in [0.2, 0.25) is 0 Å². The van der Waals surface area contributed by atoms with Crippen LogP contribution in [0, 0.1) is 6.92 Å². The Balaban J connectivity index is 2.29. The van der Waals surface area contributed by atoms with Crippen molar-refractivity contribution in [1.29, 1.82) is 0 Å². The second-order valence-electron chi connectivity index (χ2n) is 4.42. The van der Waals surface area contributed by atoms with Gasteiger partial charge in [-0.15, -0.1) is 0 Å². The highest BCUT2D eigenvalue weighted by Gasteiger charge is 2.26. The van der Waals surface area contributed by atoms with E-state index in [1.165, 1.54) is 0 Å². The fraction of sp³-hybridized carbons (Fsp3) is 0.133. The summed E-state index contributed by atoms with van der Waals surface area (Å²) in [7, 11) is 0. The number of aromatic hydroxyl groups is 1. The quantitative estimate of drug-likeness (QED) is 0.637. The molecule has 0 heterocycles. The number of phenols is 1. The minimum absolute atomic E-state index is 0.0666. The lowest BCUT2D eigenvalue weighted by molar-refractivity contribution is 0.103. The first-order chi connectivity index (χ1) is 8.18. The average Bonchev–Trinajstić information content (AvgIpc) is 2.31. The van der Waals surface area contributed by atoms with Gasteiger partial charge >= 0.3 is 0 Å². The Morgan fingerprint density at radius 3 is 2.71 bits per heavy atom. The van der Waals surface area contributed by atoms with Crippen molar-refractivity contribution in [2.24, 2.45) is 0 Å². The van der Waals surface area contributed by atoms with E-state index in [4.69, 9.17) is 0 Å². The first-order valence-electron chi connectivity index (χ1n) is 5.62. The molecule has 2 nitrogen and oxygen atoms in total. The monoisotopic (exact) mass is 224 g/mol. The van der Waals surface area contributed by atoms with Crippen molar-refractivity contribution in [3.8, 4) is 5.75 Å². The first kappa shape index (κ1) is 10.1. The third-order valence-corrected chi connectivity index (χ3v) is 3.38. The van der Waals surface area contributed by atoms with Crippen molar-refractivity contribution in [1.82, 2.24) is 0 Å². The molecule has 0 radical (unpaired) electrons. The Morgan fingerprint density at radius 1 is 1.12 bits per heavy atom. The van der Waals surface area contributed by atoms with Crippen LogP contribution in [0.5, 0.6) is 5.75 Å². The summed E-state index contributed by atoms with van der Waals surface area (Å²) in [5.41, 5.74) is 4.31. The second kappa shape index (κ2) is 3.45. The zero-order chi connectivity index (χ0) is 12.0. The summed E-state index contributed by atoms with van der Waals surface area (Å²) in [4.78, 5) is 12.3. The Labute approximate surface area is 99.5 Å². The zero-order valence-electron chi connectivity index (χ0n) is 9.53. The van der Waals surface area contributed by atoms with Crippen molar-refractivity contribution >= 4 is 5.78 Å². The maximum atomic E-state index is 12.3. The minimum atomic E-state index is -0.0666. The molecule has 3 rings (SSSR count). The maximum Gasteiger partial charge on any atom is 0.197 e. The van der Waals surface area contributed by atoms with Crippen LogP contribution in [-0.4, -0.2) is 10.9 Å². The topological polar surface area (TPSA) is 37.3 Å². The van der Waals surface area contributed by atoms with Crippen molar-refractivity contribution in [3.63, 3.8) is 0 Å². The van der Waals surface area contributed by atoms with Crippen LogP contribution in [0.4, 0.5) is 0 Å². The fourth-order valence-corrected chi connectivity index (χ4v) is 2.47. The lowest BCUT2D eigenvalue weighted by Gasteiger charge is -2.20. The summed E-state index contributed by atoms with van der Waals surface area (Å²) < 4.78 is 0. The molecule has 2 heteroatoms. The number of hydrogen-bond acceptors (Lipinski definition) is 2. The Morgan fingerprint density at radius 2 is 1.88 bits per heavy atom. The highest BCUT2D eigenvalue weighted by atomic mass is 16.3. The number of ketones is 1. The summed E-state index contributed by atoms with van der Waals surface area (Å²) >= 11 is 0. The van der Waals surface area contributed by atoms with E-state index in [9.17, 15) is 9.90 Å². The smallest absolute Gasteiger partial charge is 0.197 e. The Kier molecular flexibility index (Phi) is 2.05. The van der Waals surface area contributed by atoms with Crippen LogP contribution < -0.4 is 0 Å². The van der Waals surface area contributed by atoms with E-state index in [0.717, 1.165) is 28.7 Å². The number of phenolic OH excluding ortho intramolecular Hbond substituents is 1. The van der Waals surface area contributed by atoms with Gasteiger partial charge in [-0.05, 0) is 36.1 Å². The lowest BCUT2D eigenvalue weighted by Crippen LogP contribution is -2.16. The number of fused-ring (bicyclic) bond motifs is 2. The summed E-state index contributed by atoms with van der Waals surface area (Å²) in [5, 5.41) is 9.80. The van der Waals surface area contributed by atoms with Gasteiger partial charge in [-0.25, -0.2) is 0 Å². The van der Waals surface area contributed by atoms with E-state index in [1.807, 2.05) is 31.2 Å². The molecule has 0 bridgehead atoms. The molecule has 17 heavy (non-hydrogen) atoms. The second-order valence-corrected chi connectivity index (χ2v) is 4.42. The van der Waals surface area contributed by atoms with Crippen molar-refractivity contribution in [2.45, 2.75) is 13.3 Å². The fourth-order valence-electron chi connectivity index (χ4n) is 2.47.